The summed E-state index contributed by atoms with van der Waals surface area (Å²) < 4.78 is 12.4. The average molecular weight is 360 g/mol. The number of hydrogen-bond acceptors (Lipinski definition) is 5. The van der Waals surface area contributed by atoms with E-state index < -0.39 is 0 Å². The number of aromatic nitrogens is 3. The molecule has 0 fully saturated rings. The number of guanidine groups is 1. The molecular formula is C18H28N6O2. The van der Waals surface area contributed by atoms with Gasteiger partial charge in [0.25, 0.3) is 0 Å². The minimum atomic E-state index is 0.535. The van der Waals surface area contributed by atoms with Crippen molar-refractivity contribution in [2.75, 3.05) is 27.4 Å². The highest BCUT2D eigenvalue weighted by molar-refractivity contribution is 5.79. The van der Waals surface area contributed by atoms with Crippen LogP contribution in [0.25, 0.3) is 0 Å². The van der Waals surface area contributed by atoms with Crippen molar-refractivity contribution in [1.29, 1.82) is 0 Å². The highest BCUT2D eigenvalue weighted by Crippen LogP contribution is 2.17. The van der Waals surface area contributed by atoms with Crippen LogP contribution in [0.4, 0.5) is 0 Å². The van der Waals surface area contributed by atoms with E-state index in [4.69, 9.17) is 9.47 Å². The van der Waals surface area contributed by atoms with Gasteiger partial charge in [0.05, 0.1) is 26.8 Å². The molecule has 2 rings (SSSR count). The number of nitrogens with zero attached hydrogens (tertiary/aromatic N) is 4. The molecule has 8 heteroatoms. The molecule has 142 valence electrons. The average Bonchev–Trinajstić information content (AvgIpc) is 2.95. The number of benzene rings is 1. The van der Waals surface area contributed by atoms with Crippen molar-refractivity contribution in [3.05, 3.63) is 41.0 Å². The molecule has 8 nitrogen and oxygen atoms in total. The van der Waals surface area contributed by atoms with Crippen LogP contribution in [-0.2, 0) is 24.9 Å². The molecule has 0 aliphatic carbocycles. The molecule has 0 aliphatic rings. The third kappa shape index (κ3) is 5.73. The van der Waals surface area contributed by atoms with E-state index in [0.29, 0.717) is 32.2 Å². The fraction of sp³-hybridized carbons (Fsp3) is 0.500. The Bertz CT molecular complexity index is 741. The number of aryl methyl sites for hydroxylation is 2. The molecule has 1 aromatic heterocycles. The minimum absolute atomic E-state index is 0.535. The second kappa shape index (κ2) is 9.76. The molecule has 0 aliphatic heterocycles. The van der Waals surface area contributed by atoms with Gasteiger partial charge in [-0.3, -0.25) is 0 Å². The molecule has 0 spiro atoms. The zero-order valence-corrected chi connectivity index (χ0v) is 16.2. The highest BCUT2D eigenvalue weighted by atomic mass is 16.5. The predicted octanol–water partition coefficient (Wildman–Crippen LogP) is 1.32. The topological polar surface area (TPSA) is 85.6 Å². The summed E-state index contributed by atoms with van der Waals surface area (Å²) in [6, 6.07) is 6.10. The lowest BCUT2D eigenvalue weighted by molar-refractivity contribution is 0.203. The fourth-order valence-corrected chi connectivity index (χ4v) is 2.42. The van der Waals surface area contributed by atoms with Gasteiger partial charge in [-0.15, -0.1) is 10.2 Å². The molecule has 1 heterocycles. The molecule has 2 N–H and O–H groups in total. The molecule has 0 amide bonds. The summed E-state index contributed by atoms with van der Waals surface area (Å²) in [6.45, 7) is 6.31. The highest BCUT2D eigenvalue weighted by Gasteiger charge is 2.06. The van der Waals surface area contributed by atoms with Gasteiger partial charge in [-0.1, -0.05) is 6.07 Å². The monoisotopic (exact) mass is 360 g/mol. The van der Waals surface area contributed by atoms with Gasteiger partial charge in [0.15, 0.2) is 11.8 Å². The van der Waals surface area contributed by atoms with Crippen LogP contribution in [0.5, 0.6) is 5.75 Å². The van der Waals surface area contributed by atoms with Gasteiger partial charge in [0, 0.05) is 20.7 Å². The van der Waals surface area contributed by atoms with Crippen LogP contribution >= 0.6 is 0 Å². The lowest BCUT2D eigenvalue weighted by Crippen LogP contribution is -2.39. The van der Waals surface area contributed by atoms with Gasteiger partial charge >= 0.3 is 0 Å². The van der Waals surface area contributed by atoms with E-state index in [1.54, 1.807) is 14.2 Å². The number of nitrogens with one attached hydrogen (secondary N) is 2. The van der Waals surface area contributed by atoms with Crippen LogP contribution in [0.15, 0.2) is 23.2 Å². The largest absolute Gasteiger partial charge is 0.497 e. The standard InChI is InChI=1S/C18H28N6O2/c1-13-8-15(10-16(9-13)26-5)11-20-18(19-6-7-25-4)21-12-17-23-22-14(2)24(17)3/h8-10H,6-7,11-12H2,1-5H3,(H2,19,20,21). The van der Waals surface area contributed by atoms with Crippen molar-refractivity contribution in [3.63, 3.8) is 0 Å². The molecular weight excluding hydrogens is 332 g/mol. The fourth-order valence-electron chi connectivity index (χ4n) is 2.42. The molecule has 0 saturated heterocycles. The molecule has 0 atom stereocenters. The maximum absolute atomic E-state index is 5.33. The van der Waals surface area contributed by atoms with Crippen LogP contribution in [0.3, 0.4) is 0 Å². The van der Waals surface area contributed by atoms with E-state index in [2.05, 4.69) is 31.9 Å². The Morgan fingerprint density at radius 1 is 1.15 bits per heavy atom. The van der Waals surface area contributed by atoms with Crippen molar-refractivity contribution in [2.45, 2.75) is 26.9 Å². The minimum Gasteiger partial charge on any atom is -0.497 e. The Hall–Kier alpha value is -2.61. The molecule has 0 radical (unpaired) electrons. The van der Waals surface area contributed by atoms with Crippen molar-refractivity contribution in [2.24, 2.45) is 12.0 Å². The molecule has 1 aromatic carbocycles. The van der Waals surface area contributed by atoms with Crippen LogP contribution < -0.4 is 15.4 Å². The summed E-state index contributed by atoms with van der Waals surface area (Å²) in [7, 11) is 5.29. The Kier molecular flexibility index (Phi) is 7.40. The smallest absolute Gasteiger partial charge is 0.192 e. The van der Waals surface area contributed by atoms with E-state index in [1.165, 1.54) is 0 Å². The number of rotatable bonds is 8. The zero-order chi connectivity index (χ0) is 18.9. The van der Waals surface area contributed by atoms with Crippen LogP contribution in [0.2, 0.25) is 0 Å². The van der Waals surface area contributed by atoms with E-state index >= 15 is 0 Å². The van der Waals surface area contributed by atoms with Crippen molar-refractivity contribution in [3.8, 4) is 5.75 Å². The van der Waals surface area contributed by atoms with Gasteiger partial charge in [-0.05, 0) is 37.1 Å². The van der Waals surface area contributed by atoms with Gasteiger partial charge in [0.2, 0.25) is 0 Å². The lowest BCUT2D eigenvalue weighted by Gasteiger charge is -2.12. The quantitative estimate of drug-likeness (QED) is 0.420. The summed E-state index contributed by atoms with van der Waals surface area (Å²) in [5.41, 5.74) is 2.23. The molecule has 0 unspecified atom stereocenters. The summed E-state index contributed by atoms with van der Waals surface area (Å²) >= 11 is 0. The van der Waals surface area contributed by atoms with E-state index in [-0.39, 0.29) is 0 Å². The zero-order valence-electron chi connectivity index (χ0n) is 16.2. The van der Waals surface area contributed by atoms with Gasteiger partial charge < -0.3 is 24.7 Å². The van der Waals surface area contributed by atoms with Crippen LogP contribution in [0, 0.1) is 13.8 Å². The van der Waals surface area contributed by atoms with Crippen molar-refractivity contribution < 1.29 is 9.47 Å². The molecule has 2 aromatic rings. The van der Waals surface area contributed by atoms with Gasteiger partial charge in [-0.25, -0.2) is 4.99 Å². The Morgan fingerprint density at radius 2 is 1.96 bits per heavy atom. The summed E-state index contributed by atoms with van der Waals surface area (Å²) in [6.07, 6.45) is 0. The van der Waals surface area contributed by atoms with E-state index in [1.807, 2.05) is 37.6 Å². The molecule has 26 heavy (non-hydrogen) atoms. The normalized spacial score (nSPS) is 11.5. The third-order valence-electron chi connectivity index (χ3n) is 3.96. The SMILES string of the molecule is COCCNC(=NCc1cc(C)cc(OC)c1)NCc1nnc(C)n1C. The Labute approximate surface area is 154 Å². The number of hydrogen-bond donors (Lipinski definition) is 2. The summed E-state index contributed by atoms with van der Waals surface area (Å²) in [5, 5.41) is 14.8. The third-order valence-corrected chi connectivity index (χ3v) is 3.96. The number of methoxy groups -OCH3 is 2. The molecule has 0 saturated carbocycles. The lowest BCUT2D eigenvalue weighted by atomic mass is 10.1. The van der Waals surface area contributed by atoms with E-state index in [9.17, 15) is 0 Å². The first kappa shape index (κ1) is 19.7. The Balaban J connectivity index is 2.06. The molecule has 0 bridgehead atoms. The maximum atomic E-state index is 5.33. The van der Waals surface area contributed by atoms with Crippen molar-refractivity contribution >= 4 is 5.96 Å². The summed E-state index contributed by atoms with van der Waals surface area (Å²) in [4.78, 5) is 4.66. The van der Waals surface area contributed by atoms with Crippen LogP contribution in [0.1, 0.15) is 22.8 Å². The Morgan fingerprint density at radius 3 is 2.62 bits per heavy atom. The first-order chi connectivity index (χ1) is 12.5. The van der Waals surface area contributed by atoms with Crippen LogP contribution in [-0.4, -0.2) is 48.1 Å². The second-order valence-electron chi connectivity index (χ2n) is 6.02. The predicted molar refractivity (Wildman–Crippen MR) is 101 cm³/mol. The summed E-state index contributed by atoms with van der Waals surface area (Å²) in [5.74, 6) is 3.26. The van der Waals surface area contributed by atoms with Crippen molar-refractivity contribution in [1.82, 2.24) is 25.4 Å². The van der Waals surface area contributed by atoms with Gasteiger partial charge in [0.1, 0.15) is 11.6 Å². The maximum Gasteiger partial charge on any atom is 0.192 e. The van der Waals surface area contributed by atoms with E-state index in [0.717, 1.165) is 28.5 Å². The number of aliphatic imine (C=N–C) groups is 1. The second-order valence-corrected chi connectivity index (χ2v) is 6.02. The first-order valence-corrected chi connectivity index (χ1v) is 8.54. The first-order valence-electron chi connectivity index (χ1n) is 8.54. The van der Waals surface area contributed by atoms with Gasteiger partial charge in [-0.2, -0.15) is 0 Å². The number of ether oxygens (including phenoxy) is 2.